The molecule has 2 heterocycles. The van der Waals surface area contributed by atoms with Crippen LogP contribution in [-0.4, -0.2) is 25.7 Å². The van der Waals surface area contributed by atoms with Gasteiger partial charge in [-0.1, -0.05) is 0 Å². The molecule has 1 N–H and O–H groups in total. The zero-order valence-corrected chi connectivity index (χ0v) is 7.89. The van der Waals surface area contributed by atoms with Crippen molar-refractivity contribution >= 4 is 27.5 Å². The van der Waals surface area contributed by atoms with Gasteiger partial charge in [0, 0.05) is 6.20 Å². The Labute approximate surface area is 81.1 Å². The Morgan fingerprint density at radius 2 is 2.38 bits per heavy atom. The van der Waals surface area contributed by atoms with Crippen LogP contribution in [0.1, 0.15) is 10.4 Å². The fourth-order valence-corrected chi connectivity index (χ4v) is 1.48. The van der Waals surface area contributed by atoms with Crippen LogP contribution in [-0.2, 0) is 0 Å². The monoisotopic (exact) mass is 241 g/mol. The molecule has 0 aliphatic carbocycles. The maximum Gasteiger partial charge on any atom is 0.337 e. The fourth-order valence-electron chi connectivity index (χ4n) is 1.00. The third-order valence-electron chi connectivity index (χ3n) is 1.60. The highest BCUT2D eigenvalue weighted by molar-refractivity contribution is 9.10. The van der Waals surface area contributed by atoms with E-state index in [1.54, 1.807) is 6.20 Å². The number of carboxylic acids is 1. The minimum atomic E-state index is -0.989. The molecule has 0 bridgehead atoms. The first kappa shape index (κ1) is 8.18. The first-order valence-electron chi connectivity index (χ1n) is 3.40. The highest BCUT2D eigenvalue weighted by Gasteiger charge is 2.10. The van der Waals surface area contributed by atoms with E-state index in [0.717, 1.165) is 0 Å². The zero-order chi connectivity index (χ0) is 9.42. The highest BCUT2D eigenvalue weighted by atomic mass is 79.9. The average Bonchev–Trinajstić information content (AvgIpc) is 2.48. The molecule has 0 aliphatic heterocycles. The lowest BCUT2D eigenvalue weighted by Crippen LogP contribution is -2.00. The summed E-state index contributed by atoms with van der Waals surface area (Å²) in [4.78, 5) is 14.6. The number of carbonyl (C=O) groups is 1. The van der Waals surface area contributed by atoms with Crippen LogP contribution < -0.4 is 0 Å². The molecule has 5 nitrogen and oxygen atoms in total. The Hall–Kier alpha value is -1.43. The van der Waals surface area contributed by atoms with Crippen LogP contribution in [0.5, 0.6) is 0 Å². The second kappa shape index (κ2) is 2.81. The van der Waals surface area contributed by atoms with Crippen molar-refractivity contribution in [1.82, 2.24) is 14.6 Å². The lowest BCUT2D eigenvalue weighted by atomic mass is 10.3. The van der Waals surface area contributed by atoms with Gasteiger partial charge in [0.1, 0.15) is 6.33 Å². The molecule has 2 aromatic rings. The third-order valence-corrected chi connectivity index (χ3v) is 2.23. The number of aromatic carboxylic acids is 1. The van der Waals surface area contributed by atoms with E-state index in [2.05, 4.69) is 26.0 Å². The summed E-state index contributed by atoms with van der Waals surface area (Å²) in [5.41, 5.74) is 0.695. The second-order valence-corrected chi connectivity index (χ2v) is 3.26. The second-order valence-electron chi connectivity index (χ2n) is 2.40. The molecule has 0 amide bonds. The Bertz CT molecular complexity index is 480. The molecule has 0 saturated heterocycles. The van der Waals surface area contributed by atoms with Gasteiger partial charge in [-0.25, -0.2) is 14.3 Å². The first-order chi connectivity index (χ1) is 6.18. The highest BCUT2D eigenvalue weighted by Crippen LogP contribution is 2.17. The fraction of sp³-hybridized carbons (Fsp3) is 0. The smallest absolute Gasteiger partial charge is 0.337 e. The number of nitrogens with zero attached hydrogens (tertiary/aromatic N) is 3. The predicted octanol–water partition coefficient (Wildman–Crippen LogP) is 1.19. The molecule has 2 aromatic heterocycles. The summed E-state index contributed by atoms with van der Waals surface area (Å²) in [5, 5.41) is 12.6. The van der Waals surface area contributed by atoms with Gasteiger partial charge in [-0.15, -0.1) is 0 Å². The molecular weight excluding hydrogens is 238 g/mol. The molecule has 0 saturated carbocycles. The van der Waals surface area contributed by atoms with Crippen molar-refractivity contribution in [3.63, 3.8) is 0 Å². The van der Waals surface area contributed by atoms with Gasteiger partial charge in [-0.05, 0) is 22.0 Å². The summed E-state index contributed by atoms with van der Waals surface area (Å²) >= 11 is 3.13. The molecule has 0 unspecified atom stereocenters. The van der Waals surface area contributed by atoms with E-state index in [9.17, 15) is 4.79 Å². The standard InChI is InChI=1S/C7H4BrN3O2/c8-5-2-11-6(9-3-10-11)1-4(5)7(12)13/h1-3H,(H,12,13). The molecule has 0 aliphatic rings. The van der Waals surface area contributed by atoms with Crippen molar-refractivity contribution in [2.75, 3.05) is 0 Å². The number of hydrogen-bond donors (Lipinski definition) is 1. The molecule has 0 fully saturated rings. The van der Waals surface area contributed by atoms with Crippen LogP contribution in [0, 0.1) is 0 Å². The van der Waals surface area contributed by atoms with Crippen LogP contribution in [0.2, 0.25) is 0 Å². The first-order valence-corrected chi connectivity index (χ1v) is 4.20. The SMILES string of the molecule is O=C(O)c1cc2ncnn2cc1Br. The van der Waals surface area contributed by atoms with Crippen LogP contribution >= 0.6 is 15.9 Å². The van der Waals surface area contributed by atoms with E-state index >= 15 is 0 Å². The maximum absolute atomic E-state index is 10.7. The van der Waals surface area contributed by atoms with E-state index < -0.39 is 5.97 Å². The average molecular weight is 242 g/mol. The molecule has 0 radical (unpaired) electrons. The molecule has 0 atom stereocenters. The number of pyridine rings is 1. The number of fused-ring (bicyclic) bond motifs is 1. The lowest BCUT2D eigenvalue weighted by molar-refractivity contribution is 0.0696. The van der Waals surface area contributed by atoms with Gasteiger partial charge < -0.3 is 5.11 Å². The number of hydrogen-bond acceptors (Lipinski definition) is 3. The van der Waals surface area contributed by atoms with Crippen molar-refractivity contribution in [1.29, 1.82) is 0 Å². The number of halogens is 1. The van der Waals surface area contributed by atoms with Gasteiger partial charge in [-0.2, -0.15) is 5.10 Å². The minimum Gasteiger partial charge on any atom is -0.478 e. The Morgan fingerprint density at radius 3 is 3.08 bits per heavy atom. The number of rotatable bonds is 1. The van der Waals surface area contributed by atoms with Crippen LogP contribution in [0.3, 0.4) is 0 Å². The van der Waals surface area contributed by atoms with E-state index in [1.165, 1.54) is 16.9 Å². The molecule has 66 valence electrons. The summed E-state index contributed by atoms with van der Waals surface area (Å²) in [5.74, 6) is -0.989. The quantitative estimate of drug-likeness (QED) is 0.815. The Morgan fingerprint density at radius 1 is 1.62 bits per heavy atom. The number of carboxylic acid groups (broad SMARTS) is 1. The zero-order valence-electron chi connectivity index (χ0n) is 6.31. The van der Waals surface area contributed by atoms with E-state index in [4.69, 9.17) is 5.11 Å². The Kier molecular flexibility index (Phi) is 1.77. The summed E-state index contributed by atoms with van der Waals surface area (Å²) in [7, 11) is 0. The lowest BCUT2D eigenvalue weighted by Gasteiger charge is -1.98. The molecular formula is C7H4BrN3O2. The molecule has 0 spiro atoms. The minimum absolute atomic E-state index is 0.181. The summed E-state index contributed by atoms with van der Waals surface area (Å²) < 4.78 is 1.98. The summed E-state index contributed by atoms with van der Waals surface area (Å²) in [6, 6.07) is 1.46. The Balaban J connectivity index is 2.76. The molecule has 6 heteroatoms. The van der Waals surface area contributed by atoms with Gasteiger partial charge in [0.2, 0.25) is 0 Å². The van der Waals surface area contributed by atoms with Gasteiger partial charge >= 0.3 is 5.97 Å². The van der Waals surface area contributed by atoms with Gasteiger partial charge in [0.05, 0.1) is 10.0 Å². The summed E-state index contributed by atoms with van der Waals surface area (Å²) in [6.45, 7) is 0. The van der Waals surface area contributed by atoms with Crippen molar-refractivity contribution in [2.45, 2.75) is 0 Å². The van der Waals surface area contributed by atoms with Crippen LogP contribution in [0.15, 0.2) is 23.1 Å². The van der Waals surface area contributed by atoms with Crippen molar-refractivity contribution in [3.8, 4) is 0 Å². The van der Waals surface area contributed by atoms with Crippen molar-refractivity contribution < 1.29 is 9.90 Å². The topological polar surface area (TPSA) is 67.5 Å². The third kappa shape index (κ3) is 1.29. The van der Waals surface area contributed by atoms with Crippen LogP contribution in [0.4, 0.5) is 0 Å². The normalized spacial score (nSPS) is 10.5. The van der Waals surface area contributed by atoms with Gasteiger partial charge in [0.15, 0.2) is 5.65 Å². The summed E-state index contributed by atoms with van der Waals surface area (Å²) in [6.07, 6.45) is 2.93. The van der Waals surface area contributed by atoms with E-state index in [-0.39, 0.29) is 5.56 Å². The largest absolute Gasteiger partial charge is 0.478 e. The molecule has 13 heavy (non-hydrogen) atoms. The van der Waals surface area contributed by atoms with E-state index in [1.807, 2.05) is 0 Å². The van der Waals surface area contributed by atoms with Crippen molar-refractivity contribution in [3.05, 3.63) is 28.6 Å². The van der Waals surface area contributed by atoms with Crippen LogP contribution in [0.25, 0.3) is 5.65 Å². The molecule has 0 aromatic carbocycles. The maximum atomic E-state index is 10.7. The van der Waals surface area contributed by atoms with Crippen molar-refractivity contribution in [2.24, 2.45) is 0 Å². The predicted molar refractivity (Wildman–Crippen MR) is 47.6 cm³/mol. The number of aromatic nitrogens is 3. The van der Waals surface area contributed by atoms with Gasteiger partial charge in [0.25, 0.3) is 0 Å². The van der Waals surface area contributed by atoms with E-state index in [0.29, 0.717) is 10.1 Å². The van der Waals surface area contributed by atoms with Gasteiger partial charge in [-0.3, -0.25) is 0 Å². The molecule has 2 rings (SSSR count).